The van der Waals surface area contributed by atoms with E-state index < -0.39 is 0 Å². The number of hydrogen-bond acceptors (Lipinski definition) is 2. The maximum atomic E-state index is 5.96. The van der Waals surface area contributed by atoms with Crippen molar-refractivity contribution in [2.24, 2.45) is 7.05 Å². The van der Waals surface area contributed by atoms with E-state index in [1.165, 1.54) is 0 Å². The standard InChI is InChI=1S/C10H12Cl2N4/c1-16-8(2-9(11)10(16)12)5-13-3-7-4-14-6-15-7/h2,4,6,13H,3,5H2,1H3,(H,14,15). The third-order valence-electron chi connectivity index (χ3n) is 2.39. The molecule has 0 atom stereocenters. The molecule has 2 aromatic rings. The summed E-state index contributed by atoms with van der Waals surface area (Å²) in [6.45, 7) is 1.45. The average molecular weight is 259 g/mol. The molecule has 0 aromatic carbocycles. The summed E-state index contributed by atoms with van der Waals surface area (Å²) in [6.07, 6.45) is 3.45. The van der Waals surface area contributed by atoms with Crippen LogP contribution in [0.5, 0.6) is 0 Å². The molecule has 16 heavy (non-hydrogen) atoms. The van der Waals surface area contributed by atoms with Crippen LogP contribution in [-0.2, 0) is 20.1 Å². The van der Waals surface area contributed by atoms with E-state index in [-0.39, 0.29) is 0 Å². The molecule has 4 nitrogen and oxygen atoms in total. The molecule has 2 rings (SSSR count). The summed E-state index contributed by atoms with van der Waals surface area (Å²) in [5.41, 5.74) is 2.10. The van der Waals surface area contributed by atoms with Gasteiger partial charge in [0.05, 0.1) is 11.3 Å². The fraction of sp³-hybridized carbons (Fsp3) is 0.300. The molecule has 0 saturated heterocycles. The molecule has 0 aliphatic heterocycles. The summed E-state index contributed by atoms with van der Waals surface area (Å²) in [6, 6.07) is 1.86. The Morgan fingerprint density at radius 3 is 2.81 bits per heavy atom. The first-order chi connectivity index (χ1) is 7.68. The second-order valence-corrected chi connectivity index (χ2v) is 4.28. The van der Waals surface area contributed by atoms with Crippen LogP contribution in [0.4, 0.5) is 0 Å². The highest BCUT2D eigenvalue weighted by atomic mass is 35.5. The summed E-state index contributed by atoms with van der Waals surface area (Å²) in [4.78, 5) is 6.96. The highest BCUT2D eigenvalue weighted by Crippen LogP contribution is 2.24. The fourth-order valence-electron chi connectivity index (χ4n) is 1.47. The minimum Gasteiger partial charge on any atom is -0.347 e. The minimum atomic E-state index is 0.569. The van der Waals surface area contributed by atoms with Gasteiger partial charge in [-0.05, 0) is 6.07 Å². The monoisotopic (exact) mass is 258 g/mol. The summed E-state index contributed by atoms with van der Waals surface area (Å²) < 4.78 is 1.86. The van der Waals surface area contributed by atoms with Crippen LogP contribution in [0.15, 0.2) is 18.6 Å². The molecule has 0 aliphatic rings. The molecule has 2 heterocycles. The van der Waals surface area contributed by atoms with Crippen molar-refractivity contribution in [2.75, 3.05) is 0 Å². The quantitative estimate of drug-likeness (QED) is 0.885. The largest absolute Gasteiger partial charge is 0.347 e. The highest BCUT2D eigenvalue weighted by Gasteiger charge is 2.08. The molecular formula is C10H12Cl2N4. The molecule has 0 radical (unpaired) electrons. The van der Waals surface area contributed by atoms with Gasteiger partial charge in [-0.25, -0.2) is 4.98 Å². The number of nitrogens with zero attached hydrogens (tertiary/aromatic N) is 2. The lowest BCUT2D eigenvalue weighted by Gasteiger charge is -2.05. The topological polar surface area (TPSA) is 45.6 Å². The van der Waals surface area contributed by atoms with Crippen LogP contribution in [0, 0.1) is 0 Å². The van der Waals surface area contributed by atoms with Crippen molar-refractivity contribution in [3.63, 3.8) is 0 Å². The van der Waals surface area contributed by atoms with Gasteiger partial charge in [0, 0.05) is 37.7 Å². The lowest BCUT2D eigenvalue weighted by molar-refractivity contribution is 0.648. The van der Waals surface area contributed by atoms with Crippen LogP contribution in [0.1, 0.15) is 11.4 Å². The number of imidazole rings is 1. The van der Waals surface area contributed by atoms with Gasteiger partial charge in [-0.1, -0.05) is 23.2 Å². The summed E-state index contributed by atoms with van der Waals surface area (Å²) in [5.74, 6) is 0. The van der Waals surface area contributed by atoms with Gasteiger partial charge in [0.15, 0.2) is 0 Å². The fourth-order valence-corrected chi connectivity index (χ4v) is 1.88. The number of hydrogen-bond donors (Lipinski definition) is 2. The molecular weight excluding hydrogens is 247 g/mol. The van der Waals surface area contributed by atoms with Crippen LogP contribution >= 0.6 is 23.2 Å². The van der Waals surface area contributed by atoms with Crippen LogP contribution in [0.3, 0.4) is 0 Å². The Kier molecular flexibility index (Phi) is 3.53. The summed E-state index contributed by atoms with van der Waals surface area (Å²) in [5, 5.41) is 4.43. The maximum absolute atomic E-state index is 5.96. The van der Waals surface area contributed by atoms with E-state index in [1.807, 2.05) is 17.7 Å². The van der Waals surface area contributed by atoms with E-state index >= 15 is 0 Å². The Morgan fingerprint density at radius 1 is 1.44 bits per heavy atom. The Balaban J connectivity index is 1.92. The van der Waals surface area contributed by atoms with Gasteiger partial charge < -0.3 is 14.9 Å². The van der Waals surface area contributed by atoms with Gasteiger partial charge in [0.2, 0.25) is 0 Å². The normalized spacial score (nSPS) is 10.9. The zero-order chi connectivity index (χ0) is 11.5. The first-order valence-electron chi connectivity index (χ1n) is 4.86. The number of H-pyrrole nitrogens is 1. The van der Waals surface area contributed by atoms with Crippen LogP contribution in [0.25, 0.3) is 0 Å². The van der Waals surface area contributed by atoms with Crippen molar-refractivity contribution in [1.82, 2.24) is 19.9 Å². The van der Waals surface area contributed by atoms with E-state index in [0.29, 0.717) is 16.7 Å². The van der Waals surface area contributed by atoms with E-state index in [1.54, 1.807) is 12.5 Å². The van der Waals surface area contributed by atoms with Crippen molar-refractivity contribution in [3.8, 4) is 0 Å². The molecule has 2 aromatic heterocycles. The van der Waals surface area contributed by atoms with Crippen LogP contribution < -0.4 is 5.32 Å². The second-order valence-electron chi connectivity index (χ2n) is 3.51. The molecule has 0 amide bonds. The zero-order valence-electron chi connectivity index (χ0n) is 8.80. The Bertz CT molecular complexity index is 461. The molecule has 6 heteroatoms. The molecule has 0 unspecified atom stereocenters. The first kappa shape index (κ1) is 11.5. The molecule has 0 saturated carbocycles. The number of halogens is 2. The van der Waals surface area contributed by atoms with Crippen molar-refractivity contribution in [1.29, 1.82) is 0 Å². The predicted molar refractivity (Wildman–Crippen MR) is 64.6 cm³/mol. The number of rotatable bonds is 4. The van der Waals surface area contributed by atoms with Crippen molar-refractivity contribution >= 4 is 23.2 Å². The van der Waals surface area contributed by atoms with Gasteiger partial charge >= 0.3 is 0 Å². The van der Waals surface area contributed by atoms with E-state index in [9.17, 15) is 0 Å². The minimum absolute atomic E-state index is 0.569. The van der Waals surface area contributed by atoms with Crippen molar-refractivity contribution in [3.05, 3.63) is 40.2 Å². The second kappa shape index (κ2) is 4.91. The van der Waals surface area contributed by atoms with Gasteiger partial charge in [-0.2, -0.15) is 0 Å². The molecule has 0 aliphatic carbocycles. The number of aromatic nitrogens is 3. The summed E-state index contributed by atoms with van der Waals surface area (Å²) in [7, 11) is 1.89. The third kappa shape index (κ3) is 2.40. The molecule has 86 valence electrons. The van der Waals surface area contributed by atoms with E-state index in [0.717, 1.165) is 17.9 Å². The zero-order valence-corrected chi connectivity index (χ0v) is 10.3. The lowest BCUT2D eigenvalue weighted by Crippen LogP contribution is -2.15. The Hall–Kier alpha value is -0.970. The highest BCUT2D eigenvalue weighted by molar-refractivity contribution is 6.41. The number of nitrogens with one attached hydrogen (secondary N) is 2. The first-order valence-corrected chi connectivity index (χ1v) is 5.61. The van der Waals surface area contributed by atoms with Crippen LogP contribution in [0.2, 0.25) is 10.2 Å². The van der Waals surface area contributed by atoms with E-state index in [4.69, 9.17) is 23.2 Å². The lowest BCUT2D eigenvalue weighted by atomic mass is 10.4. The van der Waals surface area contributed by atoms with E-state index in [2.05, 4.69) is 15.3 Å². The average Bonchev–Trinajstić information content (AvgIpc) is 2.85. The Labute approximate surface area is 104 Å². The van der Waals surface area contributed by atoms with Gasteiger partial charge in [0.25, 0.3) is 0 Å². The van der Waals surface area contributed by atoms with Crippen molar-refractivity contribution < 1.29 is 0 Å². The Morgan fingerprint density at radius 2 is 2.25 bits per heavy atom. The third-order valence-corrected chi connectivity index (χ3v) is 3.23. The predicted octanol–water partition coefficient (Wildman–Crippen LogP) is 2.34. The van der Waals surface area contributed by atoms with Gasteiger partial charge in [-0.3, -0.25) is 0 Å². The molecule has 2 N–H and O–H groups in total. The van der Waals surface area contributed by atoms with Gasteiger partial charge in [-0.15, -0.1) is 0 Å². The van der Waals surface area contributed by atoms with Crippen LogP contribution in [-0.4, -0.2) is 14.5 Å². The maximum Gasteiger partial charge on any atom is 0.127 e. The van der Waals surface area contributed by atoms with Crippen molar-refractivity contribution in [2.45, 2.75) is 13.1 Å². The SMILES string of the molecule is Cn1c(CNCc2cnc[nH]2)cc(Cl)c1Cl. The van der Waals surface area contributed by atoms with Gasteiger partial charge in [0.1, 0.15) is 5.15 Å². The summed E-state index contributed by atoms with van der Waals surface area (Å²) >= 11 is 11.9. The number of aromatic amines is 1. The molecule has 0 bridgehead atoms. The molecule has 0 fully saturated rings. The molecule has 0 spiro atoms. The smallest absolute Gasteiger partial charge is 0.127 e.